The molecular formula is C87H82Cl9N19O7. The first-order chi connectivity index (χ1) is 58.1. The van der Waals surface area contributed by atoms with Crippen LogP contribution in [-0.4, -0.2) is 141 Å². The van der Waals surface area contributed by atoms with Gasteiger partial charge in [-0.25, -0.2) is 4.79 Å². The quantitative estimate of drug-likeness (QED) is 0.0714. The molecule has 0 aliphatic carbocycles. The minimum absolute atomic E-state index is 0.0700. The van der Waals surface area contributed by atoms with Crippen molar-refractivity contribution in [2.24, 2.45) is 26.9 Å². The number of imide groups is 1. The molecule has 0 unspecified atom stereocenters. The maximum atomic E-state index is 13.9. The van der Waals surface area contributed by atoms with Crippen LogP contribution in [0.25, 0.3) is 78.1 Å². The van der Waals surface area contributed by atoms with Gasteiger partial charge in [-0.2, -0.15) is 35.3 Å². The minimum Gasteiger partial charge on any atom is -0.444 e. The van der Waals surface area contributed by atoms with Gasteiger partial charge in [-0.05, 0) is 113 Å². The zero-order chi connectivity index (χ0) is 87.1. The van der Waals surface area contributed by atoms with E-state index in [1.165, 1.54) is 11.6 Å². The fourth-order valence-corrected chi connectivity index (χ4v) is 16.5. The van der Waals surface area contributed by atoms with E-state index in [2.05, 4.69) is 52.4 Å². The second kappa shape index (κ2) is 36.1. The molecule has 630 valence electrons. The summed E-state index contributed by atoms with van der Waals surface area (Å²) < 4.78 is 15.1. The molecule has 3 aliphatic rings. The van der Waals surface area contributed by atoms with Crippen LogP contribution >= 0.6 is 104 Å². The van der Waals surface area contributed by atoms with Crippen molar-refractivity contribution in [2.45, 2.75) is 103 Å². The summed E-state index contributed by atoms with van der Waals surface area (Å²) in [6, 6.07) is 50.6. The van der Waals surface area contributed by atoms with Crippen LogP contribution in [0.1, 0.15) is 93.0 Å². The molecule has 3 amide bonds. The van der Waals surface area contributed by atoms with Crippen molar-refractivity contribution in [1.29, 1.82) is 0 Å². The number of fused-ring (bicyclic) bond motifs is 4. The van der Waals surface area contributed by atoms with E-state index < -0.39 is 17.2 Å². The van der Waals surface area contributed by atoms with Crippen LogP contribution in [0.4, 0.5) is 16.7 Å². The average molecular weight is 1820 g/mol. The Morgan fingerprint density at radius 3 is 1.31 bits per heavy atom. The number of H-pyrrole nitrogens is 1. The highest BCUT2D eigenvalue weighted by Gasteiger charge is 2.39. The van der Waals surface area contributed by atoms with Crippen molar-refractivity contribution in [3.8, 4) is 45.0 Å². The number of carbonyl (C=O) groups is 3. The number of aromatic amines is 1. The number of anilines is 2. The first-order valence-electron chi connectivity index (χ1n) is 38.7. The van der Waals surface area contributed by atoms with Crippen molar-refractivity contribution in [2.75, 3.05) is 43.0 Å². The van der Waals surface area contributed by atoms with Crippen molar-refractivity contribution < 1.29 is 19.1 Å². The smallest absolute Gasteiger partial charge is 0.408 e. The van der Waals surface area contributed by atoms with E-state index in [4.69, 9.17) is 125 Å². The van der Waals surface area contributed by atoms with Gasteiger partial charge in [0.25, 0.3) is 22.6 Å². The van der Waals surface area contributed by atoms with Gasteiger partial charge < -0.3 is 25.6 Å². The lowest BCUT2D eigenvalue weighted by Crippen LogP contribution is -2.55. The van der Waals surface area contributed by atoms with E-state index in [0.29, 0.717) is 181 Å². The first-order valence-corrected chi connectivity index (χ1v) is 42.1. The lowest BCUT2D eigenvalue weighted by atomic mass is 9.90. The maximum Gasteiger partial charge on any atom is 0.408 e. The summed E-state index contributed by atoms with van der Waals surface area (Å²) in [7, 11) is 6.48. The van der Waals surface area contributed by atoms with Gasteiger partial charge in [-0.15, -0.1) is 0 Å². The summed E-state index contributed by atoms with van der Waals surface area (Å²) in [4.78, 5) is 96.4. The van der Waals surface area contributed by atoms with Crippen LogP contribution in [0.15, 0.2) is 178 Å². The van der Waals surface area contributed by atoms with E-state index in [1.54, 1.807) is 111 Å². The number of piperidine rings is 2. The van der Waals surface area contributed by atoms with Gasteiger partial charge in [-0.1, -0.05) is 232 Å². The summed E-state index contributed by atoms with van der Waals surface area (Å²) >= 11 is 56.9. The Labute approximate surface area is 745 Å². The van der Waals surface area contributed by atoms with E-state index in [-0.39, 0.29) is 51.4 Å². The molecule has 17 rings (SSSR count). The van der Waals surface area contributed by atoms with E-state index >= 15 is 0 Å². The van der Waals surface area contributed by atoms with Gasteiger partial charge in [0.05, 0.1) is 100 Å². The molecule has 0 saturated carbocycles. The highest BCUT2D eigenvalue weighted by atomic mass is 35.5. The molecule has 7 aromatic carbocycles. The number of ether oxygens (including phenoxy) is 1. The summed E-state index contributed by atoms with van der Waals surface area (Å²) in [5.41, 5.74) is 13.9. The number of carbonyl (C=O) groups excluding carboxylic acids is 3. The van der Waals surface area contributed by atoms with E-state index in [9.17, 15) is 28.8 Å². The third-order valence-electron chi connectivity index (χ3n) is 21.4. The predicted molar refractivity (Wildman–Crippen MR) is 484 cm³/mol. The Bertz CT molecular complexity index is 6560. The molecule has 4 N–H and O–H groups in total. The fourth-order valence-electron chi connectivity index (χ4n) is 14.8. The number of nitrogens with one attached hydrogen (secondary N) is 2. The minimum atomic E-state index is -0.573. The molecule has 2 saturated heterocycles. The number of halogens is 9. The van der Waals surface area contributed by atoms with E-state index in [1.807, 2.05) is 125 Å². The Morgan fingerprint density at radius 2 is 0.861 bits per heavy atom. The number of likely N-dealkylation sites (N-methyl/N-ethyl adjacent to an activating group) is 1. The predicted octanol–water partition coefficient (Wildman–Crippen LogP) is 17.8. The number of rotatable bonds is 13. The second-order valence-corrected chi connectivity index (χ2v) is 34.9. The van der Waals surface area contributed by atoms with Crippen LogP contribution in [0, 0.1) is 0 Å². The number of aromatic nitrogens is 14. The van der Waals surface area contributed by atoms with Crippen LogP contribution in [0.3, 0.4) is 0 Å². The lowest BCUT2D eigenvalue weighted by molar-refractivity contribution is -0.127. The first kappa shape index (κ1) is 87.7. The standard InChI is InChI=1S/C30H34Cl2N6O3.C20H15Cl2N3O2.C19H13Cl3N4O.C18H20Cl2N6O/c1-29(2,3)41-28(40)34-30(4)14-16-37(17-15-30)27-33-25-22(26(39)36(27)5)24(20-12-9-13-21(31)23(20)32)38(35-25)18-19-10-7-6-8-11-19;1-24-16(26)10-15-17(20(24)27)19(13-8-5-9-14(21)18(13)22)25(23-15)11-12-6-3-2-4-7-12;1-25-18(27)14-16(12-8-5-9-13(20)15(12)21)26(24-17(14)23-19(25)22)10-11-6-3-2-4-7-11;1-18(21)6-8-26(9-7-18)17-22-15-12(16(27)25(17)2)14(23-24-15)10-4-3-5-11(19)13(10)20/h6-13H,14-18H2,1-5H3,(H,34,40);2-9H,10-11H2,1H3;2-9H,10H2,1H3;3-5H,6-9,21H2,1-2H3,(H,23,24). The Morgan fingerprint density at radius 1 is 0.475 bits per heavy atom. The lowest BCUT2D eigenvalue weighted by Gasteiger charge is -2.40. The maximum absolute atomic E-state index is 13.9. The molecule has 0 bridgehead atoms. The summed E-state index contributed by atoms with van der Waals surface area (Å²) in [5, 5.41) is 28.3. The summed E-state index contributed by atoms with van der Waals surface area (Å²) in [6.45, 7) is 13.6. The molecule has 14 aromatic rings. The molecule has 0 atom stereocenters. The highest BCUT2D eigenvalue weighted by Crippen LogP contribution is 2.43. The number of amides is 3. The van der Waals surface area contributed by atoms with Gasteiger partial charge in [-0.3, -0.25) is 61.7 Å². The van der Waals surface area contributed by atoms with Gasteiger partial charge in [0.15, 0.2) is 16.9 Å². The van der Waals surface area contributed by atoms with Gasteiger partial charge in [0, 0.05) is 87.7 Å². The molecule has 3 aliphatic heterocycles. The number of nitrogens with zero attached hydrogens (tertiary/aromatic N) is 16. The Balaban J connectivity index is 0.000000135. The molecule has 122 heavy (non-hydrogen) atoms. The van der Waals surface area contributed by atoms with Crippen molar-refractivity contribution in [3.63, 3.8) is 0 Å². The largest absolute Gasteiger partial charge is 0.444 e. The van der Waals surface area contributed by atoms with Crippen LogP contribution in [0.2, 0.25) is 45.5 Å². The molecule has 0 spiro atoms. The van der Waals surface area contributed by atoms with Crippen molar-refractivity contribution in [3.05, 3.63) is 268 Å². The molecule has 26 nitrogen and oxygen atoms in total. The number of nitrogens with two attached hydrogens (primary N) is 1. The van der Waals surface area contributed by atoms with Crippen molar-refractivity contribution >= 4 is 167 Å². The Kier molecular flexibility index (Phi) is 25.9. The number of benzene rings is 7. The van der Waals surface area contributed by atoms with E-state index in [0.717, 1.165) is 47.5 Å². The van der Waals surface area contributed by atoms with Crippen LogP contribution < -0.4 is 37.5 Å². The van der Waals surface area contributed by atoms with Gasteiger partial charge in [0.2, 0.25) is 23.1 Å². The molecule has 2 fully saturated rings. The van der Waals surface area contributed by atoms with Crippen LogP contribution in [0.5, 0.6) is 0 Å². The molecule has 7 aromatic heterocycles. The summed E-state index contributed by atoms with van der Waals surface area (Å²) in [5.74, 6) is 0.459. The number of hydrogen-bond donors (Lipinski definition) is 3. The fraction of sp³-hybridized carbons (Fsp3) is 0.276. The van der Waals surface area contributed by atoms with Crippen LogP contribution in [-0.2, 0) is 56.7 Å². The van der Waals surface area contributed by atoms with Gasteiger partial charge >= 0.3 is 6.09 Å². The third kappa shape index (κ3) is 18.4. The SMILES string of the molecule is CN1C(=O)Cc2nn(Cc3ccccc3)c(-c3cccc(Cl)c3Cl)c2C1=O.Cn1c(Cl)nc2nn(Cc3ccccc3)c(-c3cccc(Cl)c3Cl)c2c1=O.Cn1c(N2CCC(C)(N)CC2)nc2n[nH]c(-c3cccc(Cl)c3Cl)c2c1=O.Cn1c(N2CCC(C)(NC(=O)OC(C)(C)C)CC2)nc2nn(Cc3ccccc3)c(-c3cccc(Cl)c3Cl)c2c1=O. The topological polar surface area (TPSA) is 295 Å². The normalized spacial score (nSPS) is 14.4. The highest BCUT2D eigenvalue weighted by molar-refractivity contribution is 6.46. The number of hydrogen-bond acceptors (Lipinski definition) is 17. The average Bonchev–Trinajstić information content (AvgIpc) is 1.51. The number of alkyl carbamates (subject to hydrolysis) is 1. The van der Waals surface area contributed by atoms with Gasteiger partial charge in [0.1, 0.15) is 21.8 Å². The second-order valence-electron chi connectivity index (χ2n) is 31.4. The molecule has 35 heteroatoms. The van der Waals surface area contributed by atoms with Crippen molar-refractivity contribution in [1.82, 2.24) is 78.4 Å². The monoisotopic (exact) mass is 1820 g/mol. The third-order valence-corrected chi connectivity index (χ3v) is 25.0. The molecular weight excluding hydrogens is 1740 g/mol. The summed E-state index contributed by atoms with van der Waals surface area (Å²) in [6.07, 6.45) is 2.63. The zero-order valence-corrected chi connectivity index (χ0v) is 74.4. The molecule has 10 heterocycles. The molecule has 0 radical (unpaired) electrons. The zero-order valence-electron chi connectivity index (χ0n) is 67.6. The Hall–Kier alpha value is -10.6.